The van der Waals surface area contributed by atoms with Crippen molar-refractivity contribution < 1.29 is 9.53 Å². The Bertz CT molecular complexity index is 1030. The largest absolute Gasteiger partial charge is 0.487 e. The smallest absolute Gasteiger partial charge is 0.227 e. The maximum atomic E-state index is 12.3. The van der Waals surface area contributed by atoms with E-state index in [1.165, 1.54) is 18.4 Å². The second-order valence-corrected chi connectivity index (χ2v) is 9.67. The molecule has 1 spiro atoms. The molecule has 2 saturated carbocycles. The number of halogens is 1. The molecule has 2 fully saturated rings. The first kappa shape index (κ1) is 24.8. The van der Waals surface area contributed by atoms with Gasteiger partial charge in [0.15, 0.2) is 5.96 Å². The van der Waals surface area contributed by atoms with Crippen LogP contribution in [0.3, 0.4) is 0 Å². The molecule has 34 heavy (non-hydrogen) atoms. The van der Waals surface area contributed by atoms with E-state index in [1.807, 2.05) is 24.3 Å². The highest BCUT2D eigenvalue weighted by molar-refractivity contribution is 14.0. The fourth-order valence-electron chi connectivity index (χ4n) is 5.29. The maximum absolute atomic E-state index is 12.3. The summed E-state index contributed by atoms with van der Waals surface area (Å²) in [6, 6.07) is 16.6. The van der Waals surface area contributed by atoms with Gasteiger partial charge in [-0.15, -0.1) is 24.0 Å². The lowest BCUT2D eigenvalue weighted by Gasteiger charge is -2.40. The molecular weight excluding hydrogens is 539 g/mol. The number of hydrogen-bond donors (Lipinski definition) is 3. The van der Waals surface area contributed by atoms with Crippen molar-refractivity contribution in [3.63, 3.8) is 0 Å². The molecule has 1 amide bonds. The molecule has 2 aromatic rings. The minimum atomic E-state index is -0.0577. The minimum absolute atomic E-state index is 0. The fraction of sp³-hybridized carbons (Fsp3) is 0.481. The lowest BCUT2D eigenvalue weighted by atomic mass is 9.85. The molecule has 1 atom stereocenters. The molecule has 182 valence electrons. The summed E-state index contributed by atoms with van der Waals surface area (Å²) >= 11 is 0. The highest BCUT2D eigenvalue weighted by Crippen LogP contribution is 2.46. The first-order chi connectivity index (χ1) is 16.1. The number of guanidine groups is 1. The van der Waals surface area contributed by atoms with Crippen molar-refractivity contribution in [2.24, 2.45) is 10.9 Å². The number of benzene rings is 2. The lowest BCUT2D eigenvalue weighted by Crippen LogP contribution is -2.46. The Balaban J connectivity index is 0.00000274. The van der Waals surface area contributed by atoms with Crippen LogP contribution in [0, 0.1) is 5.92 Å². The second kappa shape index (κ2) is 11.0. The third-order valence-electron chi connectivity index (χ3n) is 7.38. The fourth-order valence-corrected chi connectivity index (χ4v) is 5.29. The summed E-state index contributed by atoms with van der Waals surface area (Å²) in [4.78, 5) is 16.8. The molecule has 3 aliphatic rings. The Morgan fingerprint density at radius 1 is 1.09 bits per heavy atom. The zero-order valence-corrected chi connectivity index (χ0v) is 22.1. The molecule has 2 aromatic carbocycles. The number of para-hydroxylation sites is 1. The molecule has 2 aliphatic carbocycles. The number of nitrogens with one attached hydrogen (secondary N) is 3. The number of aliphatic imine (C=N–C) groups is 1. The summed E-state index contributed by atoms with van der Waals surface area (Å²) in [6.07, 6.45) is 8.82. The van der Waals surface area contributed by atoms with Crippen molar-refractivity contribution in [3.8, 4) is 5.75 Å². The van der Waals surface area contributed by atoms with Crippen LogP contribution in [0.4, 0.5) is 5.69 Å². The Kier molecular flexibility index (Phi) is 8.01. The van der Waals surface area contributed by atoms with E-state index in [9.17, 15) is 4.79 Å². The molecule has 6 nitrogen and oxygen atoms in total. The summed E-state index contributed by atoms with van der Waals surface area (Å²) in [6.45, 7) is 0.628. The molecule has 0 bridgehead atoms. The van der Waals surface area contributed by atoms with E-state index in [2.05, 4.69) is 45.2 Å². The van der Waals surface area contributed by atoms with Crippen LogP contribution in [0.25, 0.3) is 0 Å². The minimum Gasteiger partial charge on any atom is -0.487 e. The molecule has 7 heteroatoms. The van der Waals surface area contributed by atoms with Crippen LogP contribution in [-0.4, -0.2) is 24.5 Å². The monoisotopic (exact) mass is 574 g/mol. The SMILES string of the molecule is CN=C(NCc1cccc(NC(=O)C2CCC2)c1)NC1CC2(CCCC2)Oc2ccccc21.I. The Morgan fingerprint density at radius 2 is 1.88 bits per heavy atom. The van der Waals surface area contributed by atoms with E-state index in [-0.39, 0.29) is 47.4 Å². The van der Waals surface area contributed by atoms with Gasteiger partial charge in [0.25, 0.3) is 0 Å². The van der Waals surface area contributed by atoms with Crippen LogP contribution in [0.15, 0.2) is 53.5 Å². The van der Waals surface area contributed by atoms with Gasteiger partial charge >= 0.3 is 0 Å². The molecule has 1 heterocycles. The van der Waals surface area contributed by atoms with Gasteiger partial charge in [-0.2, -0.15) is 0 Å². The average Bonchev–Trinajstić information content (AvgIpc) is 3.22. The number of ether oxygens (including phenoxy) is 1. The van der Waals surface area contributed by atoms with Crippen molar-refractivity contribution >= 4 is 41.5 Å². The quantitative estimate of drug-likeness (QED) is 0.249. The molecule has 0 saturated heterocycles. The van der Waals surface area contributed by atoms with Gasteiger partial charge in [-0.05, 0) is 62.3 Å². The zero-order chi connectivity index (χ0) is 22.7. The highest BCUT2D eigenvalue weighted by atomic mass is 127. The summed E-state index contributed by atoms with van der Waals surface area (Å²) in [7, 11) is 1.81. The third kappa shape index (κ3) is 5.50. The predicted octanol–water partition coefficient (Wildman–Crippen LogP) is 5.54. The summed E-state index contributed by atoms with van der Waals surface area (Å²) in [5, 5.41) is 10.2. The third-order valence-corrected chi connectivity index (χ3v) is 7.38. The number of nitrogens with zero attached hydrogens (tertiary/aromatic N) is 1. The zero-order valence-electron chi connectivity index (χ0n) is 19.8. The molecule has 1 unspecified atom stereocenters. The number of carbonyl (C=O) groups excluding carboxylic acids is 1. The first-order valence-corrected chi connectivity index (χ1v) is 12.3. The van der Waals surface area contributed by atoms with Gasteiger partial charge in [-0.3, -0.25) is 9.79 Å². The van der Waals surface area contributed by atoms with Crippen LogP contribution >= 0.6 is 24.0 Å². The van der Waals surface area contributed by atoms with Crippen LogP contribution in [0.1, 0.15) is 68.5 Å². The van der Waals surface area contributed by atoms with Crippen molar-refractivity contribution in [2.45, 2.75) is 69.6 Å². The summed E-state index contributed by atoms with van der Waals surface area (Å²) in [5.41, 5.74) is 3.09. The van der Waals surface area contributed by atoms with Crippen molar-refractivity contribution in [1.82, 2.24) is 10.6 Å². The average molecular weight is 575 g/mol. The normalized spacial score (nSPS) is 21.0. The number of anilines is 1. The van der Waals surface area contributed by atoms with Gasteiger partial charge in [0, 0.05) is 37.2 Å². The van der Waals surface area contributed by atoms with Crippen molar-refractivity contribution in [3.05, 3.63) is 59.7 Å². The van der Waals surface area contributed by atoms with E-state index >= 15 is 0 Å². The molecule has 1 aliphatic heterocycles. The standard InChI is InChI=1S/C27H34N4O2.HI/c1-28-26(29-18-19-8-6-11-21(16-19)30-25(32)20-9-7-10-20)31-23-17-27(14-4-5-15-27)33-24-13-3-2-12-22(23)24;/h2-3,6,8,11-13,16,20,23H,4-5,7,9-10,14-15,17-18H2,1H3,(H,30,32)(H2,28,29,31);1H. The highest BCUT2D eigenvalue weighted by Gasteiger charge is 2.43. The van der Waals surface area contributed by atoms with E-state index in [0.29, 0.717) is 6.54 Å². The molecular formula is C27H35IN4O2. The van der Waals surface area contributed by atoms with Crippen molar-refractivity contribution in [2.75, 3.05) is 12.4 Å². The topological polar surface area (TPSA) is 74.8 Å². The lowest BCUT2D eigenvalue weighted by molar-refractivity contribution is -0.122. The maximum Gasteiger partial charge on any atom is 0.227 e. The van der Waals surface area contributed by atoms with Gasteiger partial charge in [0.05, 0.1) is 6.04 Å². The van der Waals surface area contributed by atoms with E-state index in [1.54, 1.807) is 7.05 Å². The van der Waals surface area contributed by atoms with Crippen LogP contribution in [-0.2, 0) is 11.3 Å². The van der Waals surface area contributed by atoms with Crippen LogP contribution in [0.5, 0.6) is 5.75 Å². The van der Waals surface area contributed by atoms with Gasteiger partial charge in [0.1, 0.15) is 11.4 Å². The van der Waals surface area contributed by atoms with E-state index < -0.39 is 0 Å². The molecule has 0 radical (unpaired) electrons. The van der Waals surface area contributed by atoms with Gasteiger partial charge < -0.3 is 20.7 Å². The molecule has 3 N–H and O–H groups in total. The van der Waals surface area contributed by atoms with Gasteiger partial charge in [-0.25, -0.2) is 0 Å². The number of fused-ring (bicyclic) bond motifs is 1. The van der Waals surface area contributed by atoms with E-state index in [0.717, 1.165) is 61.5 Å². The number of amides is 1. The molecule has 5 rings (SSSR count). The number of carbonyl (C=O) groups is 1. The molecule has 0 aromatic heterocycles. The number of rotatable bonds is 5. The van der Waals surface area contributed by atoms with Gasteiger partial charge in [0.2, 0.25) is 5.91 Å². The summed E-state index contributed by atoms with van der Waals surface area (Å²) < 4.78 is 6.49. The predicted molar refractivity (Wildman–Crippen MR) is 147 cm³/mol. The Morgan fingerprint density at radius 3 is 2.62 bits per heavy atom. The van der Waals surface area contributed by atoms with Crippen molar-refractivity contribution in [1.29, 1.82) is 0 Å². The number of hydrogen-bond acceptors (Lipinski definition) is 3. The van der Waals surface area contributed by atoms with Crippen LogP contribution in [0.2, 0.25) is 0 Å². The second-order valence-electron chi connectivity index (χ2n) is 9.67. The summed E-state index contributed by atoms with van der Waals surface area (Å²) in [5.74, 6) is 2.09. The van der Waals surface area contributed by atoms with E-state index in [4.69, 9.17) is 4.74 Å². The Labute approximate surface area is 219 Å². The Hall–Kier alpha value is -2.29. The van der Waals surface area contributed by atoms with Crippen LogP contribution < -0.4 is 20.7 Å². The first-order valence-electron chi connectivity index (χ1n) is 12.3. The van der Waals surface area contributed by atoms with Gasteiger partial charge in [-0.1, -0.05) is 36.8 Å².